The van der Waals surface area contributed by atoms with E-state index in [4.69, 9.17) is 0 Å². The molecule has 1 aliphatic rings. The first kappa shape index (κ1) is 15.0. The molecule has 0 amide bonds. The number of carboxylic acids is 1. The third-order valence-electron chi connectivity index (χ3n) is 4.84. The molecule has 0 bridgehead atoms. The molecule has 1 fully saturated rings. The third-order valence-corrected chi connectivity index (χ3v) is 4.84. The highest BCUT2D eigenvalue weighted by Gasteiger charge is 2.38. The summed E-state index contributed by atoms with van der Waals surface area (Å²) in [7, 11) is 0. The fourth-order valence-corrected chi connectivity index (χ4v) is 3.11. The summed E-state index contributed by atoms with van der Waals surface area (Å²) in [5.74, 6) is -0.656. The summed E-state index contributed by atoms with van der Waals surface area (Å²) in [5, 5.41) is 9.30. The van der Waals surface area contributed by atoms with Crippen LogP contribution in [0.4, 0.5) is 0 Å². The summed E-state index contributed by atoms with van der Waals surface area (Å²) < 4.78 is 0. The lowest BCUT2D eigenvalue weighted by Crippen LogP contribution is -2.43. The van der Waals surface area contributed by atoms with E-state index in [0.717, 1.165) is 25.9 Å². The molecule has 0 aromatic heterocycles. The zero-order valence-corrected chi connectivity index (χ0v) is 12.9. The minimum absolute atomic E-state index is 0.356. The number of hydrogen-bond acceptors (Lipinski definition) is 2. The molecule has 1 saturated heterocycles. The normalized spacial score (nSPS) is 20.6. The monoisotopic (exact) mass is 275 g/mol. The van der Waals surface area contributed by atoms with Crippen LogP contribution in [0, 0.1) is 19.3 Å². The van der Waals surface area contributed by atoms with Crippen molar-refractivity contribution >= 4 is 5.97 Å². The van der Waals surface area contributed by atoms with Gasteiger partial charge < -0.3 is 5.11 Å². The van der Waals surface area contributed by atoms with E-state index in [1.54, 1.807) is 0 Å². The average Bonchev–Trinajstić information content (AvgIpc) is 2.38. The Bertz CT molecular complexity index is 502. The fourth-order valence-electron chi connectivity index (χ4n) is 3.11. The molecule has 0 aliphatic carbocycles. The van der Waals surface area contributed by atoms with Gasteiger partial charge in [-0.15, -0.1) is 0 Å². The van der Waals surface area contributed by atoms with E-state index in [0.29, 0.717) is 6.04 Å². The van der Waals surface area contributed by atoms with E-state index >= 15 is 0 Å². The number of carboxylic acid groups (broad SMARTS) is 1. The van der Waals surface area contributed by atoms with Gasteiger partial charge in [-0.1, -0.05) is 23.8 Å². The molecule has 20 heavy (non-hydrogen) atoms. The number of nitrogens with zero attached hydrogens (tertiary/aromatic N) is 1. The summed E-state index contributed by atoms with van der Waals surface area (Å²) in [4.78, 5) is 13.7. The van der Waals surface area contributed by atoms with E-state index in [1.807, 2.05) is 6.92 Å². The van der Waals surface area contributed by atoms with E-state index in [2.05, 4.69) is 43.9 Å². The summed E-state index contributed by atoms with van der Waals surface area (Å²) >= 11 is 0. The van der Waals surface area contributed by atoms with Crippen LogP contribution in [0.3, 0.4) is 0 Å². The van der Waals surface area contributed by atoms with E-state index in [1.165, 1.54) is 16.7 Å². The first-order valence-electron chi connectivity index (χ1n) is 7.38. The zero-order valence-electron chi connectivity index (χ0n) is 12.9. The van der Waals surface area contributed by atoms with Gasteiger partial charge in [0.15, 0.2) is 0 Å². The number of aliphatic carboxylic acids is 1. The Hall–Kier alpha value is -1.35. The average molecular weight is 275 g/mol. The second kappa shape index (κ2) is 5.57. The Morgan fingerprint density at radius 2 is 1.90 bits per heavy atom. The van der Waals surface area contributed by atoms with Gasteiger partial charge in [0.05, 0.1) is 5.41 Å². The van der Waals surface area contributed by atoms with Crippen molar-refractivity contribution in [3.8, 4) is 0 Å². The van der Waals surface area contributed by atoms with Gasteiger partial charge >= 0.3 is 5.97 Å². The van der Waals surface area contributed by atoms with Gasteiger partial charge in [0.25, 0.3) is 0 Å². The first-order chi connectivity index (χ1) is 9.33. The highest BCUT2D eigenvalue weighted by atomic mass is 16.4. The molecular formula is C17H25NO2. The van der Waals surface area contributed by atoms with Gasteiger partial charge in [0, 0.05) is 6.04 Å². The van der Waals surface area contributed by atoms with Gasteiger partial charge in [-0.2, -0.15) is 0 Å². The quantitative estimate of drug-likeness (QED) is 0.917. The predicted molar refractivity (Wildman–Crippen MR) is 80.9 cm³/mol. The van der Waals surface area contributed by atoms with Crippen molar-refractivity contribution in [1.82, 2.24) is 4.90 Å². The number of aryl methyl sites for hydroxylation is 2. The summed E-state index contributed by atoms with van der Waals surface area (Å²) in [6.45, 7) is 10.1. The summed E-state index contributed by atoms with van der Waals surface area (Å²) in [6, 6.07) is 6.94. The Morgan fingerprint density at radius 1 is 1.30 bits per heavy atom. The number of rotatable bonds is 3. The zero-order chi connectivity index (χ0) is 14.9. The van der Waals surface area contributed by atoms with Crippen molar-refractivity contribution in [2.45, 2.75) is 46.6 Å². The Kier molecular flexibility index (Phi) is 4.19. The van der Waals surface area contributed by atoms with Crippen LogP contribution in [0.25, 0.3) is 0 Å². The molecule has 0 spiro atoms. The van der Waals surface area contributed by atoms with Crippen molar-refractivity contribution in [2.75, 3.05) is 13.1 Å². The second-order valence-electron chi connectivity index (χ2n) is 6.44. The van der Waals surface area contributed by atoms with Gasteiger partial charge in [-0.3, -0.25) is 9.69 Å². The fraction of sp³-hybridized carbons (Fsp3) is 0.588. The lowest BCUT2D eigenvalue weighted by Gasteiger charge is -2.40. The van der Waals surface area contributed by atoms with Crippen LogP contribution in [-0.4, -0.2) is 29.1 Å². The van der Waals surface area contributed by atoms with Crippen LogP contribution in [-0.2, 0) is 4.79 Å². The SMILES string of the molecule is Cc1ccc(C(C)N2CCC(C)(C(=O)O)CC2)c(C)c1. The molecule has 1 atom stereocenters. The molecule has 2 rings (SSSR count). The van der Waals surface area contributed by atoms with Gasteiger partial charge in [0.1, 0.15) is 0 Å². The Labute approximate surface area is 121 Å². The van der Waals surface area contributed by atoms with Crippen LogP contribution in [0.2, 0.25) is 0 Å². The maximum atomic E-state index is 11.3. The highest BCUT2D eigenvalue weighted by molar-refractivity contribution is 5.74. The lowest BCUT2D eigenvalue weighted by atomic mass is 9.80. The number of piperidine rings is 1. The molecule has 3 nitrogen and oxygen atoms in total. The number of carbonyl (C=O) groups is 1. The molecule has 1 aliphatic heterocycles. The molecule has 1 heterocycles. The summed E-state index contributed by atoms with van der Waals surface area (Å²) in [6.07, 6.45) is 1.47. The standard InChI is InChI=1S/C17H25NO2/c1-12-5-6-15(13(2)11-12)14(3)18-9-7-17(4,8-10-18)16(19)20/h5-6,11,14H,7-10H2,1-4H3,(H,19,20). The summed E-state index contributed by atoms with van der Waals surface area (Å²) in [5.41, 5.74) is 3.42. The Balaban J connectivity index is 2.08. The molecule has 1 unspecified atom stereocenters. The highest BCUT2D eigenvalue weighted by Crippen LogP contribution is 2.35. The molecular weight excluding hydrogens is 250 g/mol. The smallest absolute Gasteiger partial charge is 0.309 e. The minimum atomic E-state index is -0.656. The third kappa shape index (κ3) is 2.88. The van der Waals surface area contributed by atoms with Crippen molar-refractivity contribution in [2.24, 2.45) is 5.41 Å². The molecule has 0 saturated carbocycles. The van der Waals surface area contributed by atoms with E-state index in [9.17, 15) is 9.90 Å². The topological polar surface area (TPSA) is 40.5 Å². The van der Waals surface area contributed by atoms with Crippen LogP contribution in [0.15, 0.2) is 18.2 Å². The van der Waals surface area contributed by atoms with Crippen molar-refractivity contribution in [1.29, 1.82) is 0 Å². The van der Waals surface area contributed by atoms with Crippen LogP contribution in [0.1, 0.15) is 49.4 Å². The Morgan fingerprint density at radius 3 is 2.40 bits per heavy atom. The van der Waals surface area contributed by atoms with Gasteiger partial charge in [-0.25, -0.2) is 0 Å². The maximum Gasteiger partial charge on any atom is 0.309 e. The van der Waals surface area contributed by atoms with E-state index < -0.39 is 11.4 Å². The van der Waals surface area contributed by atoms with Gasteiger partial charge in [0.2, 0.25) is 0 Å². The first-order valence-corrected chi connectivity index (χ1v) is 7.38. The molecule has 0 radical (unpaired) electrons. The van der Waals surface area contributed by atoms with Crippen molar-refractivity contribution < 1.29 is 9.90 Å². The largest absolute Gasteiger partial charge is 0.481 e. The van der Waals surface area contributed by atoms with Gasteiger partial charge in [-0.05, 0) is 64.8 Å². The maximum absolute atomic E-state index is 11.3. The number of hydrogen-bond donors (Lipinski definition) is 1. The van der Waals surface area contributed by atoms with Crippen LogP contribution < -0.4 is 0 Å². The van der Waals surface area contributed by atoms with Crippen molar-refractivity contribution in [3.63, 3.8) is 0 Å². The molecule has 1 N–H and O–H groups in total. The van der Waals surface area contributed by atoms with E-state index in [-0.39, 0.29) is 0 Å². The molecule has 3 heteroatoms. The molecule has 1 aromatic rings. The van der Waals surface area contributed by atoms with Crippen LogP contribution in [0.5, 0.6) is 0 Å². The number of likely N-dealkylation sites (tertiary alicyclic amines) is 1. The molecule has 1 aromatic carbocycles. The second-order valence-corrected chi connectivity index (χ2v) is 6.44. The van der Waals surface area contributed by atoms with Crippen LogP contribution >= 0.6 is 0 Å². The predicted octanol–water partition coefficient (Wildman–Crippen LogP) is 3.55. The lowest BCUT2D eigenvalue weighted by molar-refractivity contribution is -0.151. The number of benzene rings is 1. The minimum Gasteiger partial charge on any atom is -0.481 e. The molecule has 110 valence electrons. The van der Waals surface area contributed by atoms with Crippen molar-refractivity contribution in [3.05, 3.63) is 34.9 Å².